The molecule has 0 fully saturated rings. The highest BCUT2D eigenvalue weighted by Gasteiger charge is 2.03. The van der Waals surface area contributed by atoms with Gasteiger partial charge in [0.25, 0.3) is 0 Å². The van der Waals surface area contributed by atoms with Crippen molar-refractivity contribution in [1.82, 2.24) is 5.32 Å². The van der Waals surface area contributed by atoms with Gasteiger partial charge in [0, 0.05) is 6.54 Å². The summed E-state index contributed by atoms with van der Waals surface area (Å²) in [5, 5.41) is 2.94. The lowest BCUT2D eigenvalue weighted by Crippen LogP contribution is -2.24. The van der Waals surface area contributed by atoms with E-state index in [1.54, 1.807) is 0 Å². The molecule has 0 radical (unpaired) electrons. The van der Waals surface area contributed by atoms with E-state index in [1.165, 1.54) is 0 Å². The van der Waals surface area contributed by atoms with E-state index in [-0.39, 0.29) is 5.91 Å². The number of hydrogen-bond donors (Lipinski definition) is 1. The zero-order valence-corrected chi connectivity index (χ0v) is 17.6. The van der Waals surface area contributed by atoms with Crippen molar-refractivity contribution < 1.29 is 9.53 Å². The van der Waals surface area contributed by atoms with Crippen molar-refractivity contribution in [2.75, 3.05) is 4.93 Å². The fourth-order valence-electron chi connectivity index (χ4n) is 2.49. The first-order valence-corrected chi connectivity index (χ1v) is 10.9. The van der Waals surface area contributed by atoms with Gasteiger partial charge in [0.1, 0.15) is 12.4 Å². The molecule has 27 heavy (non-hydrogen) atoms. The van der Waals surface area contributed by atoms with E-state index in [2.05, 4.69) is 27.9 Å². The zero-order chi connectivity index (χ0) is 19.3. The summed E-state index contributed by atoms with van der Waals surface area (Å²) in [6.45, 7) is 1.07. The minimum atomic E-state index is 0.0237. The number of amides is 1. The molecule has 3 rings (SSSR count). The minimum Gasteiger partial charge on any atom is -0.489 e. The Morgan fingerprint density at radius 2 is 1.33 bits per heavy atom. The van der Waals surface area contributed by atoms with Crippen LogP contribution in [0.25, 0.3) is 0 Å². The highest BCUT2D eigenvalue weighted by atomic mass is 127. The van der Waals surface area contributed by atoms with Gasteiger partial charge in [-0.15, -0.1) is 0 Å². The molecule has 4 heteroatoms. The first-order chi connectivity index (χ1) is 13.3. The molecule has 0 unspecified atom stereocenters. The molecule has 0 aliphatic carbocycles. The Labute approximate surface area is 174 Å². The van der Waals surface area contributed by atoms with Crippen LogP contribution in [0.4, 0.5) is 0 Å². The number of nitrogens with one attached hydrogen (secondary N) is 1. The molecule has 0 aliphatic heterocycles. The van der Waals surface area contributed by atoms with Crippen molar-refractivity contribution in [2.45, 2.75) is 19.6 Å². The average Bonchev–Trinajstić information content (AvgIpc) is 2.74. The first-order valence-electron chi connectivity index (χ1n) is 8.74. The molecule has 0 atom stereocenters. The van der Waals surface area contributed by atoms with Crippen LogP contribution in [-0.2, 0) is 24.4 Å². The quantitative estimate of drug-likeness (QED) is 0.380. The molecule has 0 heterocycles. The predicted molar refractivity (Wildman–Crippen MR) is 119 cm³/mol. The van der Waals surface area contributed by atoms with Crippen molar-refractivity contribution in [3.05, 3.63) is 102 Å². The van der Waals surface area contributed by atoms with Gasteiger partial charge in [-0.2, -0.15) is 0 Å². The van der Waals surface area contributed by atoms with Gasteiger partial charge in [-0.1, -0.05) is 95.4 Å². The number of benzene rings is 3. The Kier molecular flexibility index (Phi) is 9.41. The summed E-state index contributed by atoms with van der Waals surface area (Å²) >= 11 is 2.15. The van der Waals surface area contributed by atoms with Gasteiger partial charge < -0.3 is 10.1 Å². The Balaban J connectivity index is 0.00000126. The smallest absolute Gasteiger partial charge is 0.224 e. The monoisotopic (exact) mass is 473 g/mol. The van der Waals surface area contributed by atoms with Crippen molar-refractivity contribution in [3.63, 3.8) is 0 Å². The lowest BCUT2D eigenvalue weighted by atomic mass is 10.1. The maximum Gasteiger partial charge on any atom is 0.224 e. The summed E-state index contributed by atoms with van der Waals surface area (Å²) in [7, 11) is 0. The molecule has 0 bridgehead atoms. The average molecular weight is 473 g/mol. The summed E-state index contributed by atoms with van der Waals surface area (Å²) in [4.78, 5) is 13.9. The van der Waals surface area contributed by atoms with E-state index in [4.69, 9.17) is 4.74 Å². The van der Waals surface area contributed by atoms with Crippen molar-refractivity contribution in [2.24, 2.45) is 0 Å². The van der Waals surface area contributed by atoms with Crippen molar-refractivity contribution in [1.29, 1.82) is 0 Å². The number of rotatable bonds is 7. The Morgan fingerprint density at radius 3 is 1.93 bits per heavy atom. The molecule has 1 N–H and O–H groups in total. The number of hydrogen-bond acceptors (Lipinski definition) is 2. The molecule has 140 valence electrons. The van der Waals surface area contributed by atoms with Gasteiger partial charge in [0.2, 0.25) is 5.91 Å². The summed E-state index contributed by atoms with van der Waals surface area (Å²) in [5.41, 5.74) is 3.21. The minimum absolute atomic E-state index is 0.0237. The summed E-state index contributed by atoms with van der Waals surface area (Å²) in [6, 6.07) is 27.6. The first kappa shape index (κ1) is 21.0. The third-order valence-electron chi connectivity index (χ3n) is 3.87. The Hall–Kier alpha value is -2.34. The fraction of sp³-hybridized carbons (Fsp3) is 0.174. The molecular weight excluding hydrogens is 449 g/mol. The number of carbonyl (C=O) groups is 1. The lowest BCUT2D eigenvalue weighted by molar-refractivity contribution is -0.120. The predicted octanol–water partition coefficient (Wildman–Crippen LogP) is 5.18. The second-order valence-corrected chi connectivity index (χ2v) is 5.86. The van der Waals surface area contributed by atoms with Gasteiger partial charge in [0.05, 0.1) is 6.42 Å². The third kappa shape index (κ3) is 7.83. The van der Waals surface area contributed by atoms with Gasteiger partial charge >= 0.3 is 0 Å². The normalized spacial score (nSPS) is 9.70. The van der Waals surface area contributed by atoms with E-state index in [1.807, 2.05) is 89.9 Å². The van der Waals surface area contributed by atoms with E-state index in [0.717, 1.165) is 22.4 Å². The van der Waals surface area contributed by atoms with Crippen molar-refractivity contribution >= 4 is 28.5 Å². The van der Waals surface area contributed by atoms with Crippen LogP contribution in [0.1, 0.15) is 16.7 Å². The van der Waals surface area contributed by atoms with Gasteiger partial charge in [-0.05, 0) is 33.8 Å². The molecule has 1 amide bonds. The highest BCUT2D eigenvalue weighted by molar-refractivity contribution is 14.1. The van der Waals surface area contributed by atoms with Gasteiger partial charge in [-0.25, -0.2) is 0 Å². The van der Waals surface area contributed by atoms with Gasteiger partial charge in [-0.3, -0.25) is 4.79 Å². The van der Waals surface area contributed by atoms with Gasteiger partial charge in [0.15, 0.2) is 0 Å². The second-order valence-electron chi connectivity index (χ2n) is 5.86. The van der Waals surface area contributed by atoms with Crippen LogP contribution in [0.3, 0.4) is 0 Å². The van der Waals surface area contributed by atoms with Crippen molar-refractivity contribution in [3.8, 4) is 5.75 Å². The number of alkyl halides is 1. The molecule has 0 aromatic heterocycles. The van der Waals surface area contributed by atoms with Crippen LogP contribution in [0.5, 0.6) is 5.75 Å². The Morgan fingerprint density at radius 1 is 0.778 bits per heavy atom. The number of ether oxygens (including phenoxy) is 1. The maximum absolute atomic E-state index is 12.0. The topological polar surface area (TPSA) is 38.3 Å². The van der Waals surface area contributed by atoms with Crippen LogP contribution in [0.15, 0.2) is 84.9 Å². The molecule has 0 spiro atoms. The van der Waals surface area contributed by atoms with E-state index in [0.29, 0.717) is 19.6 Å². The largest absolute Gasteiger partial charge is 0.489 e. The van der Waals surface area contributed by atoms with Crippen LogP contribution in [0.2, 0.25) is 0 Å². The fourth-order valence-corrected chi connectivity index (χ4v) is 2.49. The molecule has 3 aromatic carbocycles. The Bertz CT molecular complexity index is 790. The number of halogens is 1. The summed E-state index contributed by atoms with van der Waals surface area (Å²) in [5.74, 6) is 0.846. The van der Waals surface area contributed by atoms with Crippen LogP contribution in [-0.4, -0.2) is 10.8 Å². The van der Waals surface area contributed by atoms with E-state index in [9.17, 15) is 4.79 Å². The third-order valence-corrected chi connectivity index (χ3v) is 3.87. The molecule has 3 nitrogen and oxygen atoms in total. The number of carbonyl (C=O) groups excluding carboxylic acids is 1. The SMILES string of the molecule is CI.O=C(Cc1ccccc1)NCc1ccc(OCc2ccccc2)cc1. The lowest BCUT2D eigenvalue weighted by Gasteiger charge is -2.08. The summed E-state index contributed by atoms with van der Waals surface area (Å²) < 4.78 is 5.76. The van der Waals surface area contributed by atoms with Crippen LogP contribution < -0.4 is 10.1 Å². The zero-order valence-electron chi connectivity index (χ0n) is 15.4. The van der Waals surface area contributed by atoms with Crippen LogP contribution in [0, 0.1) is 0 Å². The molecular formula is C23H24INO2. The molecule has 0 saturated carbocycles. The van der Waals surface area contributed by atoms with E-state index < -0.39 is 0 Å². The second kappa shape index (κ2) is 12.1. The van der Waals surface area contributed by atoms with Crippen LogP contribution >= 0.6 is 22.6 Å². The highest BCUT2D eigenvalue weighted by Crippen LogP contribution is 2.14. The molecule has 0 saturated heterocycles. The summed E-state index contributed by atoms with van der Waals surface area (Å²) in [6.07, 6.45) is 0.402. The van der Waals surface area contributed by atoms with E-state index >= 15 is 0 Å². The molecule has 3 aromatic rings. The maximum atomic E-state index is 12.0. The standard InChI is InChI=1S/C22H21NO2.CH3I/c24-22(15-18-7-3-1-4-8-18)23-16-19-11-13-21(14-12-19)25-17-20-9-5-2-6-10-20;1-2/h1-14H,15-17H2,(H,23,24);1H3. The molecule has 0 aliphatic rings.